The zero-order valence-corrected chi connectivity index (χ0v) is 12.0. The molecule has 1 aliphatic carbocycles. The maximum Gasteiger partial charge on any atom is 0.163 e. The smallest absolute Gasteiger partial charge is 0.163 e. The largest absolute Gasteiger partial charge is 0.493 e. The van der Waals surface area contributed by atoms with E-state index in [-0.39, 0.29) is 11.4 Å². The summed E-state index contributed by atoms with van der Waals surface area (Å²) in [5.41, 5.74) is 1.83. The first kappa shape index (κ1) is 14.1. The average Bonchev–Trinajstić information content (AvgIpc) is 2.39. The van der Waals surface area contributed by atoms with Crippen LogP contribution >= 0.6 is 0 Å². The summed E-state index contributed by atoms with van der Waals surface area (Å²) in [5.74, 6) is 1.11. The van der Waals surface area contributed by atoms with Crippen molar-refractivity contribution in [3.8, 4) is 5.75 Å². The number of hydrogen-bond donors (Lipinski definition) is 0. The van der Waals surface area contributed by atoms with Gasteiger partial charge in [-0.3, -0.25) is 4.79 Å². The molecular weight excluding hydrogens is 240 g/mol. The highest BCUT2D eigenvalue weighted by Crippen LogP contribution is 2.25. The maximum atomic E-state index is 11.7. The Bertz CT molecular complexity index is 463. The van der Waals surface area contributed by atoms with Crippen LogP contribution in [0.1, 0.15) is 49.0 Å². The number of benzene rings is 1. The molecule has 0 aliphatic heterocycles. The van der Waals surface area contributed by atoms with Crippen molar-refractivity contribution in [1.82, 2.24) is 0 Å². The van der Waals surface area contributed by atoms with E-state index in [0.717, 1.165) is 36.1 Å². The molecular formula is C16H22O3. The van der Waals surface area contributed by atoms with E-state index >= 15 is 0 Å². The van der Waals surface area contributed by atoms with Crippen LogP contribution in [0.5, 0.6) is 5.75 Å². The zero-order valence-electron chi connectivity index (χ0n) is 12.0. The van der Waals surface area contributed by atoms with Gasteiger partial charge in [0.05, 0.1) is 12.2 Å². The Labute approximate surface area is 114 Å². The standard InChI is InChI=1S/C16H22O3/c1-16(2,18-3)9-10-19-13-7-8-14-12(11-13)5-4-6-15(14)17/h7-8,11H,4-6,9-10H2,1-3H3. The number of ether oxygens (including phenoxy) is 2. The van der Waals surface area contributed by atoms with Crippen LogP contribution in [0.15, 0.2) is 18.2 Å². The van der Waals surface area contributed by atoms with E-state index in [1.165, 1.54) is 0 Å². The van der Waals surface area contributed by atoms with Crippen LogP contribution in [0.4, 0.5) is 0 Å². The van der Waals surface area contributed by atoms with Crippen molar-refractivity contribution in [3.05, 3.63) is 29.3 Å². The summed E-state index contributed by atoms with van der Waals surface area (Å²) in [6.45, 7) is 4.71. The molecule has 1 aromatic carbocycles. The minimum absolute atomic E-state index is 0.163. The van der Waals surface area contributed by atoms with E-state index in [1.807, 2.05) is 32.0 Å². The van der Waals surface area contributed by atoms with E-state index in [9.17, 15) is 4.79 Å². The Kier molecular flexibility index (Phi) is 4.25. The number of Topliss-reactive ketones (excluding diaryl/α,β-unsaturated/α-hetero) is 1. The Morgan fingerprint density at radius 3 is 2.79 bits per heavy atom. The van der Waals surface area contributed by atoms with Crippen molar-refractivity contribution in [2.45, 2.75) is 45.1 Å². The van der Waals surface area contributed by atoms with Gasteiger partial charge in [0, 0.05) is 25.5 Å². The first-order valence-corrected chi connectivity index (χ1v) is 6.86. The molecule has 3 nitrogen and oxygen atoms in total. The molecule has 0 aromatic heterocycles. The van der Waals surface area contributed by atoms with Gasteiger partial charge in [-0.25, -0.2) is 0 Å². The molecule has 104 valence electrons. The number of carbonyl (C=O) groups excluding carboxylic acids is 1. The van der Waals surface area contributed by atoms with Gasteiger partial charge < -0.3 is 9.47 Å². The summed E-state index contributed by atoms with van der Waals surface area (Å²) in [5, 5.41) is 0. The fraction of sp³-hybridized carbons (Fsp3) is 0.562. The highest BCUT2D eigenvalue weighted by molar-refractivity contribution is 5.98. The highest BCUT2D eigenvalue weighted by Gasteiger charge is 2.18. The highest BCUT2D eigenvalue weighted by atomic mass is 16.5. The fourth-order valence-electron chi connectivity index (χ4n) is 2.23. The van der Waals surface area contributed by atoms with Gasteiger partial charge in [-0.15, -0.1) is 0 Å². The lowest BCUT2D eigenvalue weighted by molar-refractivity contribution is 0.00545. The van der Waals surface area contributed by atoms with Crippen LogP contribution < -0.4 is 4.74 Å². The van der Waals surface area contributed by atoms with Gasteiger partial charge >= 0.3 is 0 Å². The first-order valence-electron chi connectivity index (χ1n) is 6.86. The summed E-state index contributed by atoms with van der Waals surface area (Å²) in [4.78, 5) is 11.7. The van der Waals surface area contributed by atoms with Gasteiger partial charge in [-0.05, 0) is 50.5 Å². The number of hydrogen-bond acceptors (Lipinski definition) is 3. The first-order chi connectivity index (χ1) is 9.02. The van der Waals surface area contributed by atoms with Crippen molar-refractivity contribution in [1.29, 1.82) is 0 Å². The molecule has 3 heteroatoms. The predicted molar refractivity (Wildman–Crippen MR) is 74.9 cm³/mol. The topological polar surface area (TPSA) is 35.5 Å². The predicted octanol–water partition coefficient (Wildman–Crippen LogP) is 3.40. The van der Waals surface area contributed by atoms with Crippen LogP contribution in [-0.2, 0) is 11.2 Å². The van der Waals surface area contributed by atoms with Crippen molar-refractivity contribution in [2.75, 3.05) is 13.7 Å². The van der Waals surface area contributed by atoms with E-state index < -0.39 is 0 Å². The van der Waals surface area contributed by atoms with E-state index in [4.69, 9.17) is 9.47 Å². The van der Waals surface area contributed by atoms with Gasteiger partial charge in [0.15, 0.2) is 5.78 Å². The van der Waals surface area contributed by atoms with Gasteiger partial charge in [-0.1, -0.05) is 0 Å². The van der Waals surface area contributed by atoms with Gasteiger partial charge in [0.2, 0.25) is 0 Å². The summed E-state index contributed by atoms with van der Waals surface area (Å²) in [7, 11) is 1.71. The zero-order chi connectivity index (χ0) is 13.9. The second kappa shape index (κ2) is 5.74. The Morgan fingerprint density at radius 1 is 1.26 bits per heavy atom. The molecule has 0 heterocycles. The molecule has 0 spiro atoms. The van der Waals surface area contributed by atoms with Crippen LogP contribution in [0.25, 0.3) is 0 Å². The number of ketones is 1. The quantitative estimate of drug-likeness (QED) is 0.816. The fourth-order valence-corrected chi connectivity index (χ4v) is 2.23. The summed E-state index contributed by atoms with van der Waals surface area (Å²) < 4.78 is 11.1. The van der Waals surface area contributed by atoms with Gasteiger partial charge in [0.25, 0.3) is 0 Å². The molecule has 19 heavy (non-hydrogen) atoms. The lowest BCUT2D eigenvalue weighted by Crippen LogP contribution is -2.25. The normalized spacial score (nSPS) is 15.2. The maximum absolute atomic E-state index is 11.7. The summed E-state index contributed by atoms with van der Waals surface area (Å²) in [6.07, 6.45) is 3.43. The monoisotopic (exact) mass is 262 g/mol. The van der Waals surface area contributed by atoms with Crippen molar-refractivity contribution >= 4 is 5.78 Å². The molecule has 1 aromatic rings. The number of rotatable bonds is 5. The second-order valence-electron chi connectivity index (χ2n) is 5.66. The minimum atomic E-state index is -0.163. The molecule has 0 bridgehead atoms. The SMILES string of the molecule is COC(C)(C)CCOc1ccc2c(c1)CCCC2=O. The molecule has 0 unspecified atom stereocenters. The molecule has 0 radical (unpaired) electrons. The van der Waals surface area contributed by atoms with E-state index in [0.29, 0.717) is 13.0 Å². The van der Waals surface area contributed by atoms with Gasteiger partial charge in [-0.2, -0.15) is 0 Å². The molecule has 0 N–H and O–H groups in total. The van der Waals surface area contributed by atoms with Crippen molar-refractivity contribution in [3.63, 3.8) is 0 Å². The van der Waals surface area contributed by atoms with Crippen molar-refractivity contribution < 1.29 is 14.3 Å². The Morgan fingerprint density at radius 2 is 2.05 bits per heavy atom. The average molecular weight is 262 g/mol. The minimum Gasteiger partial charge on any atom is -0.493 e. The van der Waals surface area contributed by atoms with Crippen LogP contribution in [0.3, 0.4) is 0 Å². The van der Waals surface area contributed by atoms with Crippen LogP contribution in [-0.4, -0.2) is 25.1 Å². The third kappa shape index (κ3) is 3.57. The third-order valence-corrected chi connectivity index (χ3v) is 3.75. The van der Waals surface area contributed by atoms with Gasteiger partial charge in [0.1, 0.15) is 5.75 Å². The Hall–Kier alpha value is -1.35. The number of carbonyl (C=O) groups is 1. The number of fused-ring (bicyclic) bond motifs is 1. The molecule has 0 atom stereocenters. The lowest BCUT2D eigenvalue weighted by Gasteiger charge is -2.23. The second-order valence-corrected chi connectivity index (χ2v) is 5.66. The molecule has 0 amide bonds. The molecule has 0 fully saturated rings. The molecule has 0 saturated carbocycles. The molecule has 2 rings (SSSR count). The summed E-state index contributed by atoms with van der Waals surface area (Å²) >= 11 is 0. The Balaban J connectivity index is 1.97. The van der Waals surface area contributed by atoms with Crippen LogP contribution in [0, 0.1) is 0 Å². The summed E-state index contributed by atoms with van der Waals surface area (Å²) in [6, 6.07) is 5.79. The number of aryl methyl sites for hydroxylation is 1. The third-order valence-electron chi connectivity index (χ3n) is 3.75. The lowest BCUT2D eigenvalue weighted by atomic mass is 9.90. The van der Waals surface area contributed by atoms with E-state index in [1.54, 1.807) is 7.11 Å². The van der Waals surface area contributed by atoms with E-state index in [2.05, 4.69) is 0 Å². The molecule has 1 aliphatic rings. The van der Waals surface area contributed by atoms with Crippen LogP contribution in [0.2, 0.25) is 0 Å². The number of methoxy groups -OCH3 is 1. The van der Waals surface area contributed by atoms with Crippen molar-refractivity contribution in [2.24, 2.45) is 0 Å². The molecule has 0 saturated heterocycles.